The summed E-state index contributed by atoms with van der Waals surface area (Å²) >= 11 is 0. The van der Waals surface area contributed by atoms with Gasteiger partial charge < -0.3 is 10.7 Å². The molecule has 3 rings (SSSR count). The lowest BCUT2D eigenvalue weighted by molar-refractivity contribution is 0.429. The van der Waals surface area contributed by atoms with Gasteiger partial charge in [0, 0.05) is 0 Å². The number of hydrogen-bond donors (Lipinski definition) is 2. The standard InChI is InChI=1S/C16H20N6O3S/c1-3-9-18-26(24,25-2)15-20-13(17)12-14(21-15)22(16(23)19-12)10-11-7-5-4-6-8-11/h4-8H,3,9-10H2,1-2H3,(H,19,23)(H2,17,20,21). The fraction of sp³-hybridized carbons (Fsp3) is 0.312. The smallest absolute Gasteiger partial charge is 0.328 e. The average Bonchev–Trinajstić information content (AvgIpc) is 2.97. The van der Waals surface area contributed by atoms with Crippen LogP contribution in [0.2, 0.25) is 0 Å². The van der Waals surface area contributed by atoms with Crippen molar-refractivity contribution in [1.82, 2.24) is 19.5 Å². The number of rotatable bonds is 6. The van der Waals surface area contributed by atoms with E-state index in [9.17, 15) is 9.00 Å². The van der Waals surface area contributed by atoms with Crippen LogP contribution in [0.4, 0.5) is 5.82 Å². The van der Waals surface area contributed by atoms with Gasteiger partial charge in [0.15, 0.2) is 11.5 Å². The number of nitrogens with two attached hydrogens (primary N) is 1. The lowest BCUT2D eigenvalue weighted by Crippen LogP contribution is -2.18. The molecule has 2 aromatic heterocycles. The van der Waals surface area contributed by atoms with E-state index in [1.807, 2.05) is 37.3 Å². The molecule has 0 aliphatic rings. The first-order chi connectivity index (χ1) is 12.5. The maximum absolute atomic E-state index is 12.9. The van der Waals surface area contributed by atoms with E-state index in [0.717, 1.165) is 5.56 Å². The fourth-order valence-electron chi connectivity index (χ4n) is 2.46. The number of imidazole rings is 1. The lowest BCUT2D eigenvalue weighted by Gasteiger charge is -2.08. The van der Waals surface area contributed by atoms with Crippen LogP contribution in [-0.2, 0) is 20.7 Å². The number of aromatic amines is 1. The number of nitrogen functional groups attached to an aromatic ring is 1. The summed E-state index contributed by atoms with van der Waals surface area (Å²) in [5.41, 5.74) is 7.05. The van der Waals surface area contributed by atoms with Gasteiger partial charge in [0.05, 0.1) is 20.2 Å². The van der Waals surface area contributed by atoms with Crippen molar-refractivity contribution < 1.29 is 8.39 Å². The van der Waals surface area contributed by atoms with Gasteiger partial charge >= 0.3 is 5.69 Å². The maximum atomic E-state index is 12.9. The monoisotopic (exact) mass is 376 g/mol. The summed E-state index contributed by atoms with van der Waals surface area (Å²) < 4.78 is 23.5. The normalized spacial score (nSPS) is 13.6. The molecule has 1 atom stereocenters. The van der Waals surface area contributed by atoms with E-state index in [1.54, 1.807) is 0 Å². The summed E-state index contributed by atoms with van der Waals surface area (Å²) in [4.78, 5) is 23.3. The molecule has 0 saturated heterocycles. The minimum atomic E-state index is -3.27. The lowest BCUT2D eigenvalue weighted by atomic mass is 10.2. The zero-order valence-corrected chi connectivity index (χ0v) is 15.3. The number of H-pyrrole nitrogens is 1. The van der Waals surface area contributed by atoms with Gasteiger partial charge in [-0.25, -0.2) is 13.4 Å². The first-order valence-corrected chi connectivity index (χ1v) is 9.51. The van der Waals surface area contributed by atoms with Gasteiger partial charge in [-0.2, -0.15) is 9.97 Å². The zero-order valence-electron chi connectivity index (χ0n) is 14.5. The molecular weight excluding hydrogens is 356 g/mol. The van der Waals surface area contributed by atoms with Gasteiger partial charge in [0.25, 0.3) is 5.16 Å². The molecule has 9 nitrogen and oxygen atoms in total. The third-order valence-electron chi connectivity index (χ3n) is 3.76. The second kappa shape index (κ2) is 7.26. The Morgan fingerprint density at radius 2 is 2.04 bits per heavy atom. The van der Waals surface area contributed by atoms with Crippen molar-refractivity contribution in [2.45, 2.75) is 25.0 Å². The molecule has 0 bridgehead atoms. The van der Waals surface area contributed by atoms with Crippen LogP contribution < -0.4 is 11.4 Å². The highest BCUT2D eigenvalue weighted by Gasteiger charge is 2.21. The number of benzene rings is 1. The largest absolute Gasteiger partial charge is 0.382 e. The minimum Gasteiger partial charge on any atom is -0.382 e. The topological polar surface area (TPSA) is 128 Å². The third kappa shape index (κ3) is 3.33. The Bertz CT molecular complexity index is 1100. The molecule has 3 aromatic rings. The molecule has 0 radical (unpaired) electrons. The second-order valence-corrected chi connectivity index (χ2v) is 7.49. The van der Waals surface area contributed by atoms with E-state index in [2.05, 4.69) is 19.3 Å². The molecule has 26 heavy (non-hydrogen) atoms. The minimum absolute atomic E-state index is 0.0189. The van der Waals surface area contributed by atoms with Gasteiger partial charge in [-0.15, -0.1) is 0 Å². The molecule has 0 saturated carbocycles. The summed E-state index contributed by atoms with van der Waals surface area (Å²) in [7, 11) is -1.99. The predicted octanol–water partition coefficient (Wildman–Crippen LogP) is 1.55. The van der Waals surface area contributed by atoms with Crippen LogP contribution in [0, 0.1) is 0 Å². The van der Waals surface area contributed by atoms with E-state index in [-0.39, 0.29) is 28.9 Å². The van der Waals surface area contributed by atoms with Crippen LogP contribution in [0.5, 0.6) is 0 Å². The number of aromatic nitrogens is 4. The molecule has 1 aromatic carbocycles. The van der Waals surface area contributed by atoms with Crippen LogP contribution in [0.3, 0.4) is 0 Å². The highest BCUT2D eigenvalue weighted by molar-refractivity contribution is 7.88. The molecule has 1 unspecified atom stereocenters. The molecule has 0 fully saturated rings. The SMILES string of the molecule is CCCN=S(=O)(OC)c1nc(N)c2[nH]c(=O)n(Cc3ccccc3)c2n1. The van der Waals surface area contributed by atoms with Crippen LogP contribution >= 0.6 is 0 Å². The molecule has 0 spiro atoms. The van der Waals surface area contributed by atoms with Gasteiger partial charge in [-0.3, -0.25) is 8.75 Å². The van der Waals surface area contributed by atoms with Crippen molar-refractivity contribution in [3.63, 3.8) is 0 Å². The maximum Gasteiger partial charge on any atom is 0.328 e. The summed E-state index contributed by atoms with van der Waals surface area (Å²) in [6.45, 7) is 2.52. The Hall–Kier alpha value is -2.72. The first-order valence-electron chi connectivity index (χ1n) is 8.07. The van der Waals surface area contributed by atoms with Gasteiger partial charge in [0.2, 0.25) is 10.0 Å². The molecule has 0 aliphatic heterocycles. The first kappa shape index (κ1) is 18.1. The molecule has 10 heteroatoms. The number of hydrogen-bond acceptors (Lipinski definition) is 7. The van der Waals surface area contributed by atoms with Gasteiger partial charge in [0.1, 0.15) is 5.52 Å². The van der Waals surface area contributed by atoms with Gasteiger partial charge in [-0.05, 0) is 12.0 Å². The van der Waals surface area contributed by atoms with Crippen molar-refractivity contribution >= 4 is 27.0 Å². The van der Waals surface area contributed by atoms with E-state index in [1.165, 1.54) is 11.7 Å². The summed E-state index contributed by atoms with van der Waals surface area (Å²) in [5, 5.41) is -0.140. The number of nitrogens with zero attached hydrogens (tertiary/aromatic N) is 4. The second-order valence-electron chi connectivity index (χ2n) is 5.59. The Labute approximate surface area is 150 Å². The highest BCUT2D eigenvalue weighted by atomic mass is 32.2. The van der Waals surface area contributed by atoms with Crippen molar-refractivity contribution in [3.8, 4) is 0 Å². The van der Waals surface area contributed by atoms with E-state index in [0.29, 0.717) is 18.5 Å². The number of nitrogens with one attached hydrogen (secondary N) is 1. The fourth-order valence-corrected chi connectivity index (χ4v) is 3.66. The summed E-state index contributed by atoms with van der Waals surface area (Å²) in [5.74, 6) is 0.0189. The van der Waals surface area contributed by atoms with Crippen molar-refractivity contribution in [3.05, 3.63) is 46.4 Å². The average molecular weight is 376 g/mol. The van der Waals surface area contributed by atoms with Crippen LogP contribution in [0.15, 0.2) is 44.6 Å². The molecule has 0 aliphatic carbocycles. The van der Waals surface area contributed by atoms with E-state index >= 15 is 0 Å². The highest BCUT2D eigenvalue weighted by Crippen LogP contribution is 2.19. The third-order valence-corrected chi connectivity index (χ3v) is 5.37. The quantitative estimate of drug-likeness (QED) is 0.628. The molecule has 3 N–H and O–H groups in total. The zero-order chi connectivity index (χ0) is 18.7. The van der Waals surface area contributed by atoms with Crippen LogP contribution in [-0.4, -0.2) is 37.4 Å². The Balaban J connectivity index is 2.20. The Morgan fingerprint density at radius 1 is 1.31 bits per heavy atom. The Kier molecular flexibility index (Phi) is 5.05. The van der Waals surface area contributed by atoms with Crippen molar-refractivity contribution in [1.29, 1.82) is 0 Å². The van der Waals surface area contributed by atoms with E-state index in [4.69, 9.17) is 9.92 Å². The summed E-state index contributed by atoms with van der Waals surface area (Å²) in [6.07, 6.45) is 0.695. The van der Waals surface area contributed by atoms with Crippen molar-refractivity contribution in [2.24, 2.45) is 4.36 Å². The molecule has 2 heterocycles. The van der Waals surface area contributed by atoms with Gasteiger partial charge in [-0.1, -0.05) is 37.3 Å². The number of anilines is 1. The van der Waals surface area contributed by atoms with Crippen LogP contribution in [0.1, 0.15) is 18.9 Å². The van der Waals surface area contributed by atoms with E-state index < -0.39 is 10.0 Å². The predicted molar refractivity (Wildman–Crippen MR) is 99.1 cm³/mol. The van der Waals surface area contributed by atoms with Crippen molar-refractivity contribution in [2.75, 3.05) is 19.4 Å². The molecular formula is C16H20N6O3S. The Morgan fingerprint density at radius 3 is 2.69 bits per heavy atom. The summed E-state index contributed by atoms with van der Waals surface area (Å²) in [6, 6.07) is 9.44. The molecule has 138 valence electrons. The number of fused-ring (bicyclic) bond motifs is 1. The van der Waals surface area contributed by atoms with Crippen LogP contribution in [0.25, 0.3) is 11.2 Å². The molecule has 0 amide bonds.